The van der Waals surface area contributed by atoms with Gasteiger partial charge in [-0.2, -0.15) is 23.3 Å². The van der Waals surface area contributed by atoms with Gasteiger partial charge in [-0.3, -0.25) is 9.78 Å². The molecular formula is C16H11F4N3O2. The molecule has 1 aliphatic rings. The number of halogens is 4. The number of amides is 1. The zero-order chi connectivity index (χ0) is 18.2. The topological polar surface area (TPSA) is 65.8 Å². The summed E-state index contributed by atoms with van der Waals surface area (Å²) in [6.07, 6.45) is -4.51. The maximum atomic E-state index is 13.1. The Labute approximate surface area is 139 Å². The maximum Gasteiger partial charge on any atom is 0.431 e. The van der Waals surface area contributed by atoms with Crippen LogP contribution in [0.15, 0.2) is 53.8 Å². The molecule has 2 aromatic rings. The summed E-state index contributed by atoms with van der Waals surface area (Å²) < 4.78 is 52.3. The van der Waals surface area contributed by atoms with Gasteiger partial charge >= 0.3 is 6.18 Å². The van der Waals surface area contributed by atoms with Crippen molar-refractivity contribution in [3.63, 3.8) is 0 Å². The molecule has 1 N–H and O–H groups in total. The summed E-state index contributed by atoms with van der Waals surface area (Å²) in [7, 11) is 0. The monoisotopic (exact) mass is 353 g/mol. The van der Waals surface area contributed by atoms with Crippen LogP contribution < -0.4 is 0 Å². The minimum atomic E-state index is -4.83. The molecule has 1 amide bonds. The number of nitrogens with zero attached hydrogens (tertiary/aromatic N) is 3. The highest BCUT2D eigenvalue weighted by Crippen LogP contribution is 2.40. The van der Waals surface area contributed by atoms with Gasteiger partial charge in [0.25, 0.3) is 5.91 Å². The second kappa shape index (κ2) is 5.92. The number of alkyl halides is 3. The Hall–Kier alpha value is -2.81. The largest absolute Gasteiger partial charge is 0.431 e. The second-order valence-electron chi connectivity index (χ2n) is 5.38. The number of benzene rings is 1. The molecule has 0 fully saturated rings. The highest BCUT2D eigenvalue weighted by Gasteiger charge is 2.53. The normalized spacial score (nSPS) is 20.5. The second-order valence-corrected chi connectivity index (χ2v) is 5.38. The van der Waals surface area contributed by atoms with Crippen LogP contribution in [0.4, 0.5) is 17.6 Å². The minimum absolute atomic E-state index is 0.0961. The van der Waals surface area contributed by atoms with Gasteiger partial charge in [0.1, 0.15) is 17.2 Å². The average molecular weight is 353 g/mol. The Morgan fingerprint density at radius 2 is 1.84 bits per heavy atom. The van der Waals surface area contributed by atoms with E-state index in [9.17, 15) is 27.5 Å². The Kier molecular flexibility index (Phi) is 4.03. The lowest BCUT2D eigenvalue weighted by molar-refractivity contribution is -0.0818. The lowest BCUT2D eigenvalue weighted by atomic mass is 9.97. The highest BCUT2D eigenvalue weighted by atomic mass is 19.4. The van der Waals surface area contributed by atoms with Crippen molar-refractivity contribution in [3.8, 4) is 0 Å². The van der Waals surface area contributed by atoms with Crippen molar-refractivity contribution in [2.24, 2.45) is 5.10 Å². The van der Waals surface area contributed by atoms with Crippen molar-refractivity contribution in [1.29, 1.82) is 0 Å². The molecule has 5 nitrogen and oxygen atoms in total. The Bertz CT molecular complexity index is 822. The van der Waals surface area contributed by atoms with Crippen LogP contribution in [0.3, 0.4) is 0 Å². The van der Waals surface area contributed by atoms with Gasteiger partial charge in [-0.15, -0.1) is 0 Å². The van der Waals surface area contributed by atoms with E-state index in [0.29, 0.717) is 5.01 Å². The van der Waals surface area contributed by atoms with E-state index in [0.717, 1.165) is 24.3 Å². The standard InChI is InChI=1S/C16H11F4N3O2/c17-11-6-4-10(5-7-11)15(25)9-13(16(18,19)20)22-23(15)14(24)12-3-1-2-8-21-12/h1-8,25H,9H2/t15-/m0/s1. The fourth-order valence-electron chi connectivity index (χ4n) is 2.46. The van der Waals surface area contributed by atoms with E-state index < -0.39 is 35.8 Å². The molecule has 25 heavy (non-hydrogen) atoms. The summed E-state index contributed by atoms with van der Waals surface area (Å²) in [6.45, 7) is 0. The fourth-order valence-corrected chi connectivity index (χ4v) is 2.46. The number of hydrogen-bond donors (Lipinski definition) is 1. The van der Waals surface area contributed by atoms with Gasteiger partial charge in [0, 0.05) is 11.8 Å². The maximum absolute atomic E-state index is 13.1. The summed E-state index contributed by atoms with van der Waals surface area (Å²) >= 11 is 0. The first-order valence-corrected chi connectivity index (χ1v) is 7.10. The molecule has 9 heteroatoms. The number of aromatic nitrogens is 1. The van der Waals surface area contributed by atoms with Gasteiger partial charge in [-0.25, -0.2) is 4.39 Å². The summed E-state index contributed by atoms with van der Waals surface area (Å²) in [6, 6.07) is 8.43. The van der Waals surface area contributed by atoms with Gasteiger partial charge in [0.15, 0.2) is 5.72 Å². The van der Waals surface area contributed by atoms with Crippen LogP contribution in [-0.4, -0.2) is 32.9 Å². The zero-order valence-corrected chi connectivity index (χ0v) is 12.5. The zero-order valence-electron chi connectivity index (χ0n) is 12.5. The molecule has 0 radical (unpaired) electrons. The van der Waals surface area contributed by atoms with Crippen molar-refractivity contribution in [3.05, 3.63) is 65.7 Å². The van der Waals surface area contributed by atoms with Crippen molar-refractivity contribution in [2.45, 2.75) is 18.3 Å². The van der Waals surface area contributed by atoms with Gasteiger partial charge in [-0.1, -0.05) is 18.2 Å². The number of aliphatic hydroxyl groups is 1. The molecule has 0 aliphatic carbocycles. The first-order chi connectivity index (χ1) is 11.7. The number of carbonyl (C=O) groups excluding carboxylic acids is 1. The number of hydrogen-bond acceptors (Lipinski definition) is 4. The van der Waals surface area contributed by atoms with E-state index in [1.807, 2.05) is 0 Å². The van der Waals surface area contributed by atoms with Gasteiger partial charge in [0.05, 0.1) is 6.42 Å². The third-order valence-electron chi connectivity index (χ3n) is 3.70. The Morgan fingerprint density at radius 1 is 1.16 bits per heavy atom. The lowest BCUT2D eigenvalue weighted by Gasteiger charge is -2.31. The molecule has 1 aliphatic heterocycles. The lowest BCUT2D eigenvalue weighted by Crippen LogP contribution is -2.44. The molecule has 2 heterocycles. The van der Waals surface area contributed by atoms with Crippen molar-refractivity contribution in [1.82, 2.24) is 9.99 Å². The van der Waals surface area contributed by atoms with Crippen LogP contribution in [0.2, 0.25) is 0 Å². The first-order valence-electron chi connectivity index (χ1n) is 7.10. The van der Waals surface area contributed by atoms with Crippen LogP contribution in [0.5, 0.6) is 0 Å². The number of pyridine rings is 1. The van der Waals surface area contributed by atoms with Crippen molar-refractivity contribution < 1.29 is 27.5 Å². The molecule has 1 atom stereocenters. The third-order valence-corrected chi connectivity index (χ3v) is 3.70. The quantitative estimate of drug-likeness (QED) is 0.845. The van der Waals surface area contributed by atoms with Crippen LogP contribution >= 0.6 is 0 Å². The number of rotatable bonds is 2. The Morgan fingerprint density at radius 3 is 2.40 bits per heavy atom. The molecule has 3 rings (SSSR count). The summed E-state index contributed by atoms with van der Waals surface area (Å²) in [5.41, 5.74) is -3.99. The Balaban J connectivity index is 2.07. The molecule has 0 saturated carbocycles. The molecule has 0 unspecified atom stereocenters. The third kappa shape index (κ3) is 3.10. The smallest absolute Gasteiger partial charge is 0.365 e. The molecule has 1 aromatic heterocycles. The highest BCUT2D eigenvalue weighted by molar-refractivity contribution is 5.98. The number of hydrazone groups is 1. The summed E-state index contributed by atoms with van der Waals surface area (Å²) in [5.74, 6) is -1.64. The minimum Gasteiger partial charge on any atom is -0.365 e. The predicted molar refractivity (Wildman–Crippen MR) is 78.8 cm³/mol. The van der Waals surface area contributed by atoms with Gasteiger partial charge in [0.2, 0.25) is 0 Å². The summed E-state index contributed by atoms with van der Waals surface area (Å²) in [4.78, 5) is 16.3. The number of carbonyl (C=O) groups is 1. The van der Waals surface area contributed by atoms with E-state index in [4.69, 9.17) is 0 Å². The predicted octanol–water partition coefficient (Wildman–Crippen LogP) is 2.83. The SMILES string of the molecule is O=C(c1ccccn1)N1N=C(C(F)(F)F)C[C@]1(O)c1ccc(F)cc1. The molecule has 1 aromatic carbocycles. The van der Waals surface area contributed by atoms with E-state index in [-0.39, 0.29) is 11.3 Å². The molecule has 130 valence electrons. The van der Waals surface area contributed by atoms with Crippen LogP contribution in [0, 0.1) is 5.82 Å². The van der Waals surface area contributed by atoms with Crippen LogP contribution in [-0.2, 0) is 5.72 Å². The molecular weight excluding hydrogens is 342 g/mol. The summed E-state index contributed by atoms with van der Waals surface area (Å²) in [5, 5.41) is 14.4. The molecule has 0 spiro atoms. The van der Waals surface area contributed by atoms with Crippen LogP contribution in [0.1, 0.15) is 22.5 Å². The fraction of sp³-hybridized carbons (Fsp3) is 0.188. The molecule has 0 saturated heterocycles. The van der Waals surface area contributed by atoms with Crippen LogP contribution in [0.25, 0.3) is 0 Å². The van der Waals surface area contributed by atoms with Gasteiger partial charge < -0.3 is 5.11 Å². The molecule has 0 bridgehead atoms. The first kappa shape index (κ1) is 17.0. The van der Waals surface area contributed by atoms with Crippen molar-refractivity contribution in [2.75, 3.05) is 0 Å². The van der Waals surface area contributed by atoms with E-state index in [1.165, 1.54) is 24.4 Å². The van der Waals surface area contributed by atoms with E-state index in [2.05, 4.69) is 10.1 Å². The van der Waals surface area contributed by atoms with Crippen molar-refractivity contribution >= 4 is 11.6 Å². The van der Waals surface area contributed by atoms with E-state index >= 15 is 0 Å². The van der Waals surface area contributed by atoms with Gasteiger partial charge in [-0.05, 0) is 24.3 Å². The average Bonchev–Trinajstić information content (AvgIpc) is 2.94. The van der Waals surface area contributed by atoms with E-state index in [1.54, 1.807) is 0 Å².